The summed E-state index contributed by atoms with van der Waals surface area (Å²) in [6.07, 6.45) is 0.795. The molecule has 0 spiro atoms. The van der Waals surface area contributed by atoms with Gasteiger partial charge in [0, 0.05) is 24.7 Å². The van der Waals surface area contributed by atoms with Crippen LogP contribution in [0.5, 0.6) is 5.75 Å². The Morgan fingerprint density at radius 3 is 2.87 bits per heavy atom. The predicted octanol–water partition coefficient (Wildman–Crippen LogP) is 1.64. The van der Waals surface area contributed by atoms with Crippen molar-refractivity contribution in [2.24, 2.45) is 11.1 Å². The average molecular weight is 340 g/mol. The molecule has 1 unspecified atom stereocenters. The van der Waals surface area contributed by atoms with E-state index in [1.807, 2.05) is 4.90 Å². The summed E-state index contributed by atoms with van der Waals surface area (Å²) >= 11 is 0. The number of carbonyl (C=O) groups excluding carboxylic acids is 2. The van der Waals surface area contributed by atoms with E-state index >= 15 is 0 Å². The van der Waals surface area contributed by atoms with Crippen molar-refractivity contribution in [3.63, 3.8) is 0 Å². The summed E-state index contributed by atoms with van der Waals surface area (Å²) in [6.45, 7) is 5.46. The van der Waals surface area contributed by atoms with Crippen LogP contribution in [-0.2, 0) is 4.79 Å². The molecule has 0 bridgehead atoms. The zero-order valence-electron chi connectivity index (χ0n) is 13.3. The molecule has 1 fully saturated rings. The molecule has 126 valence electrons. The second kappa shape index (κ2) is 6.37. The zero-order chi connectivity index (χ0) is 15.9. The smallest absolute Gasteiger partial charge is 0.262 e. The molecular weight excluding hydrogens is 318 g/mol. The Labute approximate surface area is 141 Å². The first-order valence-electron chi connectivity index (χ1n) is 7.48. The van der Waals surface area contributed by atoms with Gasteiger partial charge in [-0.2, -0.15) is 0 Å². The monoisotopic (exact) mass is 339 g/mol. The molecule has 1 saturated heterocycles. The highest BCUT2D eigenvalue weighted by Gasteiger charge is 2.35. The van der Waals surface area contributed by atoms with E-state index in [2.05, 4.69) is 19.2 Å². The molecule has 2 aliphatic rings. The molecule has 1 aromatic rings. The number of amides is 2. The number of halogens is 1. The maximum Gasteiger partial charge on any atom is 0.262 e. The third-order valence-electron chi connectivity index (χ3n) is 4.46. The number of hydrogen-bond donors (Lipinski definition) is 2. The number of likely N-dealkylation sites (tertiary alicyclic amines) is 1. The van der Waals surface area contributed by atoms with Crippen LogP contribution in [0.4, 0.5) is 5.69 Å². The van der Waals surface area contributed by atoms with Gasteiger partial charge in [0.15, 0.2) is 6.61 Å². The van der Waals surface area contributed by atoms with Crippen LogP contribution in [0.25, 0.3) is 0 Å². The van der Waals surface area contributed by atoms with Crippen molar-refractivity contribution in [2.45, 2.75) is 26.3 Å². The number of benzene rings is 1. The summed E-state index contributed by atoms with van der Waals surface area (Å²) in [6, 6.07) is 5.24. The van der Waals surface area contributed by atoms with E-state index in [1.165, 1.54) is 0 Å². The molecule has 2 heterocycles. The summed E-state index contributed by atoms with van der Waals surface area (Å²) in [5.41, 5.74) is 7.12. The fourth-order valence-corrected chi connectivity index (χ4v) is 2.95. The Kier molecular flexibility index (Phi) is 4.87. The largest absolute Gasteiger partial charge is 0.482 e. The maximum atomic E-state index is 12.7. The summed E-state index contributed by atoms with van der Waals surface area (Å²) in [5.74, 6) is 0.349. The lowest BCUT2D eigenvalue weighted by Gasteiger charge is -2.42. The number of anilines is 1. The van der Waals surface area contributed by atoms with Crippen molar-refractivity contribution < 1.29 is 14.3 Å². The third-order valence-corrected chi connectivity index (χ3v) is 4.46. The number of hydrogen-bond acceptors (Lipinski definition) is 4. The molecule has 1 aromatic carbocycles. The van der Waals surface area contributed by atoms with Gasteiger partial charge >= 0.3 is 0 Å². The van der Waals surface area contributed by atoms with Gasteiger partial charge in [-0.05, 0) is 30.0 Å². The minimum absolute atomic E-state index is 0. The van der Waals surface area contributed by atoms with Crippen LogP contribution in [-0.4, -0.2) is 42.5 Å². The lowest BCUT2D eigenvalue weighted by Crippen LogP contribution is -2.54. The van der Waals surface area contributed by atoms with Crippen LogP contribution in [0.1, 0.15) is 30.6 Å². The molecule has 2 aliphatic heterocycles. The van der Waals surface area contributed by atoms with E-state index in [9.17, 15) is 9.59 Å². The topological polar surface area (TPSA) is 84.7 Å². The van der Waals surface area contributed by atoms with Crippen molar-refractivity contribution in [3.05, 3.63) is 23.8 Å². The van der Waals surface area contributed by atoms with Crippen molar-refractivity contribution >= 4 is 29.9 Å². The van der Waals surface area contributed by atoms with E-state index in [0.29, 0.717) is 30.1 Å². The molecule has 1 atom stereocenters. The summed E-state index contributed by atoms with van der Waals surface area (Å²) in [4.78, 5) is 25.9. The molecule has 2 amide bonds. The highest BCUT2D eigenvalue weighted by atomic mass is 35.5. The Morgan fingerprint density at radius 1 is 1.43 bits per heavy atom. The Morgan fingerprint density at radius 2 is 2.17 bits per heavy atom. The molecule has 0 saturated carbocycles. The van der Waals surface area contributed by atoms with E-state index in [-0.39, 0.29) is 42.3 Å². The third kappa shape index (κ3) is 3.43. The average Bonchev–Trinajstić information content (AvgIpc) is 2.48. The highest BCUT2D eigenvalue weighted by molar-refractivity contribution is 5.99. The number of nitrogens with two attached hydrogens (primary N) is 1. The van der Waals surface area contributed by atoms with Gasteiger partial charge in [-0.15, -0.1) is 12.4 Å². The summed E-state index contributed by atoms with van der Waals surface area (Å²) < 4.78 is 5.31. The van der Waals surface area contributed by atoms with Crippen molar-refractivity contribution in [3.8, 4) is 5.75 Å². The Bertz CT molecular complexity index is 633. The number of fused-ring (bicyclic) bond motifs is 1. The van der Waals surface area contributed by atoms with Gasteiger partial charge < -0.3 is 20.7 Å². The molecule has 0 radical (unpaired) electrons. The van der Waals surface area contributed by atoms with Crippen LogP contribution in [0.15, 0.2) is 18.2 Å². The SMILES string of the molecule is CC1(C)CN(C(=O)c2ccc3c(c2)NC(=O)CO3)CCC1N.Cl. The fraction of sp³-hybridized carbons (Fsp3) is 0.500. The molecule has 23 heavy (non-hydrogen) atoms. The fourth-order valence-electron chi connectivity index (χ4n) is 2.95. The van der Waals surface area contributed by atoms with Gasteiger partial charge in [0.25, 0.3) is 11.8 Å². The lowest BCUT2D eigenvalue weighted by atomic mass is 9.79. The second-order valence-corrected chi connectivity index (χ2v) is 6.66. The van der Waals surface area contributed by atoms with Crippen LogP contribution in [0.3, 0.4) is 0 Å². The van der Waals surface area contributed by atoms with Crippen LogP contribution in [0.2, 0.25) is 0 Å². The number of ether oxygens (including phenoxy) is 1. The van der Waals surface area contributed by atoms with Crippen molar-refractivity contribution in [2.75, 3.05) is 25.0 Å². The standard InChI is InChI=1S/C16H21N3O3.ClH/c1-16(2)9-19(6-5-13(16)17)15(21)10-3-4-12-11(7-10)18-14(20)8-22-12;/h3-4,7,13H,5-6,8-9,17H2,1-2H3,(H,18,20);1H. The minimum atomic E-state index is -0.206. The maximum absolute atomic E-state index is 12.7. The van der Waals surface area contributed by atoms with Gasteiger partial charge in [0.1, 0.15) is 5.75 Å². The van der Waals surface area contributed by atoms with Gasteiger partial charge in [-0.3, -0.25) is 9.59 Å². The Hall–Kier alpha value is -1.79. The van der Waals surface area contributed by atoms with Crippen LogP contribution in [0, 0.1) is 5.41 Å². The zero-order valence-corrected chi connectivity index (χ0v) is 14.1. The minimum Gasteiger partial charge on any atom is -0.482 e. The number of carbonyl (C=O) groups is 2. The number of nitrogens with zero attached hydrogens (tertiary/aromatic N) is 1. The predicted molar refractivity (Wildman–Crippen MR) is 90.1 cm³/mol. The Balaban J connectivity index is 0.00000192. The van der Waals surface area contributed by atoms with Crippen LogP contribution >= 0.6 is 12.4 Å². The molecule has 7 heteroatoms. The highest BCUT2D eigenvalue weighted by Crippen LogP contribution is 2.31. The first-order valence-corrected chi connectivity index (χ1v) is 7.48. The van der Waals surface area contributed by atoms with E-state index in [4.69, 9.17) is 10.5 Å². The van der Waals surface area contributed by atoms with Gasteiger partial charge in [0.05, 0.1) is 5.69 Å². The summed E-state index contributed by atoms with van der Waals surface area (Å²) in [5, 5.41) is 2.73. The van der Waals surface area contributed by atoms with Gasteiger partial charge in [-0.1, -0.05) is 13.8 Å². The van der Waals surface area contributed by atoms with Crippen LogP contribution < -0.4 is 15.8 Å². The normalized spacial score (nSPS) is 22.3. The van der Waals surface area contributed by atoms with E-state index < -0.39 is 0 Å². The lowest BCUT2D eigenvalue weighted by molar-refractivity contribution is -0.118. The molecule has 6 nitrogen and oxygen atoms in total. The van der Waals surface area contributed by atoms with Crippen molar-refractivity contribution in [1.82, 2.24) is 4.90 Å². The molecule has 0 aliphatic carbocycles. The second-order valence-electron chi connectivity index (χ2n) is 6.66. The molecular formula is C16H22ClN3O3. The van der Waals surface area contributed by atoms with E-state index in [1.54, 1.807) is 18.2 Å². The number of rotatable bonds is 1. The number of piperidine rings is 1. The first-order chi connectivity index (χ1) is 10.4. The number of nitrogens with one attached hydrogen (secondary N) is 1. The quantitative estimate of drug-likeness (QED) is 0.814. The molecule has 0 aromatic heterocycles. The first kappa shape index (κ1) is 17.6. The molecule has 3 N–H and O–H groups in total. The van der Waals surface area contributed by atoms with Gasteiger partial charge in [0.2, 0.25) is 0 Å². The molecule has 3 rings (SSSR count). The van der Waals surface area contributed by atoms with Gasteiger partial charge in [-0.25, -0.2) is 0 Å². The summed E-state index contributed by atoms with van der Waals surface area (Å²) in [7, 11) is 0. The van der Waals surface area contributed by atoms with Crippen molar-refractivity contribution in [1.29, 1.82) is 0 Å². The van der Waals surface area contributed by atoms with E-state index in [0.717, 1.165) is 6.42 Å².